The van der Waals surface area contributed by atoms with E-state index in [1.165, 1.54) is 19.5 Å². The zero-order chi connectivity index (χ0) is 11.4. The fraction of sp³-hybridized carbons (Fsp3) is 1.00. The first-order valence-corrected chi connectivity index (χ1v) is 6.17. The third-order valence-electron chi connectivity index (χ3n) is 1.88. The molecule has 0 unspecified atom stereocenters. The van der Waals surface area contributed by atoms with Gasteiger partial charge in [-0.1, -0.05) is 34.1 Å². The Bertz CT molecular complexity index is 86.3. The maximum absolute atomic E-state index is 3.33. The fourth-order valence-corrected chi connectivity index (χ4v) is 1.20. The standard InChI is InChI=1S/C7H16N2.C3H8.C2H6/c1-7(2)9-5-3-8-4-6-9;1-3-2;1-2/h7-8H,3-6H2,1-2H3;3H2,1-2H3;1-2H3. The van der Waals surface area contributed by atoms with Crippen LogP contribution in [0.2, 0.25) is 0 Å². The van der Waals surface area contributed by atoms with Crippen molar-refractivity contribution in [3.8, 4) is 0 Å². The van der Waals surface area contributed by atoms with E-state index in [9.17, 15) is 0 Å². The first-order valence-electron chi connectivity index (χ1n) is 6.17. The summed E-state index contributed by atoms with van der Waals surface area (Å²) >= 11 is 0. The maximum Gasteiger partial charge on any atom is 0.0110 e. The molecule has 88 valence electrons. The van der Waals surface area contributed by atoms with Gasteiger partial charge in [0.05, 0.1) is 0 Å². The molecule has 0 amide bonds. The maximum atomic E-state index is 3.33. The Morgan fingerprint density at radius 3 is 1.64 bits per heavy atom. The highest BCUT2D eigenvalue weighted by atomic mass is 15.2. The Morgan fingerprint density at radius 1 is 1.07 bits per heavy atom. The average molecular weight is 202 g/mol. The van der Waals surface area contributed by atoms with Gasteiger partial charge in [0, 0.05) is 32.2 Å². The molecule has 0 saturated carbocycles. The lowest BCUT2D eigenvalue weighted by atomic mass is 10.3. The van der Waals surface area contributed by atoms with Crippen LogP contribution < -0.4 is 5.32 Å². The van der Waals surface area contributed by atoms with Gasteiger partial charge >= 0.3 is 0 Å². The lowest BCUT2D eigenvalue weighted by molar-refractivity contribution is 0.196. The van der Waals surface area contributed by atoms with Gasteiger partial charge in [-0.15, -0.1) is 0 Å². The van der Waals surface area contributed by atoms with E-state index in [-0.39, 0.29) is 0 Å². The van der Waals surface area contributed by atoms with Crippen LogP contribution in [-0.2, 0) is 0 Å². The van der Waals surface area contributed by atoms with Gasteiger partial charge in [0.25, 0.3) is 0 Å². The lowest BCUT2D eigenvalue weighted by Crippen LogP contribution is -2.46. The van der Waals surface area contributed by atoms with Gasteiger partial charge < -0.3 is 5.32 Å². The van der Waals surface area contributed by atoms with Gasteiger partial charge in [-0.25, -0.2) is 0 Å². The summed E-state index contributed by atoms with van der Waals surface area (Å²) in [4.78, 5) is 2.50. The molecule has 1 saturated heterocycles. The second-order valence-electron chi connectivity index (χ2n) is 3.59. The van der Waals surface area contributed by atoms with Crippen molar-refractivity contribution in [2.24, 2.45) is 0 Å². The molecule has 0 aromatic heterocycles. The SMILES string of the molecule is CC.CC(C)N1CCNCC1.CCC. The van der Waals surface area contributed by atoms with Crippen molar-refractivity contribution < 1.29 is 0 Å². The smallest absolute Gasteiger partial charge is 0.0110 e. The number of hydrogen-bond donors (Lipinski definition) is 1. The van der Waals surface area contributed by atoms with E-state index < -0.39 is 0 Å². The topological polar surface area (TPSA) is 15.3 Å². The van der Waals surface area contributed by atoms with Gasteiger partial charge in [0.2, 0.25) is 0 Å². The summed E-state index contributed by atoms with van der Waals surface area (Å²) in [6.45, 7) is 17.5. The summed E-state index contributed by atoms with van der Waals surface area (Å²) in [5.74, 6) is 0. The van der Waals surface area contributed by atoms with E-state index in [4.69, 9.17) is 0 Å². The second kappa shape index (κ2) is 12.9. The van der Waals surface area contributed by atoms with Crippen LogP contribution in [0.5, 0.6) is 0 Å². The lowest BCUT2D eigenvalue weighted by Gasteiger charge is -2.30. The molecule has 0 bridgehead atoms. The molecule has 0 atom stereocenters. The minimum Gasteiger partial charge on any atom is -0.314 e. The molecular formula is C12H30N2. The van der Waals surface area contributed by atoms with E-state index >= 15 is 0 Å². The summed E-state index contributed by atoms with van der Waals surface area (Å²) < 4.78 is 0. The monoisotopic (exact) mass is 202 g/mol. The highest BCUT2D eigenvalue weighted by Gasteiger charge is 2.11. The quantitative estimate of drug-likeness (QED) is 0.703. The Kier molecular flexibility index (Phi) is 15.1. The fourth-order valence-electron chi connectivity index (χ4n) is 1.20. The molecule has 14 heavy (non-hydrogen) atoms. The van der Waals surface area contributed by atoms with Crippen molar-refractivity contribution in [2.75, 3.05) is 26.2 Å². The van der Waals surface area contributed by atoms with Crippen LogP contribution in [0.4, 0.5) is 0 Å². The molecule has 2 heteroatoms. The van der Waals surface area contributed by atoms with Crippen molar-refractivity contribution in [1.29, 1.82) is 0 Å². The van der Waals surface area contributed by atoms with Gasteiger partial charge in [-0.3, -0.25) is 4.90 Å². The first kappa shape index (κ1) is 16.4. The third-order valence-corrected chi connectivity index (χ3v) is 1.88. The van der Waals surface area contributed by atoms with Crippen molar-refractivity contribution in [1.82, 2.24) is 10.2 Å². The molecule has 1 aliphatic heterocycles. The molecule has 1 heterocycles. The van der Waals surface area contributed by atoms with Crippen LogP contribution in [0.25, 0.3) is 0 Å². The highest BCUT2D eigenvalue weighted by Crippen LogP contribution is 1.97. The summed E-state index contributed by atoms with van der Waals surface area (Å²) in [5.41, 5.74) is 0. The van der Waals surface area contributed by atoms with Crippen molar-refractivity contribution in [3.63, 3.8) is 0 Å². The molecule has 1 rings (SSSR count). The van der Waals surface area contributed by atoms with E-state index in [0.29, 0.717) is 0 Å². The zero-order valence-corrected chi connectivity index (χ0v) is 11.1. The predicted octanol–water partition coefficient (Wildman–Crippen LogP) is 2.74. The Balaban J connectivity index is 0. The summed E-state index contributed by atoms with van der Waals surface area (Å²) in [6, 6.07) is 0.729. The van der Waals surface area contributed by atoms with Crippen LogP contribution in [0, 0.1) is 0 Å². The molecular weight excluding hydrogens is 172 g/mol. The number of hydrogen-bond acceptors (Lipinski definition) is 2. The van der Waals surface area contributed by atoms with E-state index in [1.807, 2.05) is 13.8 Å². The Labute approximate surface area is 91.1 Å². The van der Waals surface area contributed by atoms with Crippen molar-refractivity contribution in [2.45, 2.75) is 54.0 Å². The van der Waals surface area contributed by atoms with Crippen molar-refractivity contribution >= 4 is 0 Å². The Morgan fingerprint density at radius 2 is 1.43 bits per heavy atom. The van der Waals surface area contributed by atoms with Gasteiger partial charge in [0.15, 0.2) is 0 Å². The minimum atomic E-state index is 0.729. The molecule has 0 spiro atoms. The van der Waals surface area contributed by atoms with E-state index in [1.54, 1.807) is 0 Å². The highest BCUT2D eigenvalue weighted by molar-refractivity contribution is 4.69. The molecule has 1 N–H and O–H groups in total. The number of rotatable bonds is 1. The molecule has 0 aromatic rings. The van der Waals surface area contributed by atoms with Crippen LogP contribution in [0.15, 0.2) is 0 Å². The summed E-state index contributed by atoms with van der Waals surface area (Å²) in [5, 5.41) is 3.33. The van der Waals surface area contributed by atoms with Crippen molar-refractivity contribution in [3.05, 3.63) is 0 Å². The molecule has 1 aliphatic rings. The van der Waals surface area contributed by atoms with Crippen LogP contribution >= 0.6 is 0 Å². The molecule has 2 nitrogen and oxygen atoms in total. The van der Waals surface area contributed by atoms with E-state index in [0.717, 1.165) is 19.1 Å². The molecule has 1 fully saturated rings. The van der Waals surface area contributed by atoms with Gasteiger partial charge in [0.1, 0.15) is 0 Å². The summed E-state index contributed by atoms with van der Waals surface area (Å²) in [7, 11) is 0. The first-order chi connectivity index (χ1) is 6.72. The third kappa shape index (κ3) is 10.0. The van der Waals surface area contributed by atoms with Gasteiger partial charge in [-0.2, -0.15) is 0 Å². The normalized spacial score (nSPS) is 16.5. The number of nitrogens with one attached hydrogen (secondary N) is 1. The predicted molar refractivity (Wildman–Crippen MR) is 66.9 cm³/mol. The number of nitrogens with zero attached hydrogens (tertiary/aromatic N) is 1. The minimum absolute atomic E-state index is 0.729. The average Bonchev–Trinajstić information content (AvgIpc) is 2.23. The zero-order valence-electron chi connectivity index (χ0n) is 11.1. The second-order valence-corrected chi connectivity index (χ2v) is 3.59. The summed E-state index contributed by atoms with van der Waals surface area (Å²) in [6.07, 6.45) is 1.25. The molecule has 0 radical (unpaired) electrons. The Hall–Kier alpha value is -0.0800. The number of piperazine rings is 1. The van der Waals surface area contributed by atoms with Crippen LogP contribution in [0.1, 0.15) is 48.0 Å². The largest absolute Gasteiger partial charge is 0.314 e. The van der Waals surface area contributed by atoms with Crippen LogP contribution in [-0.4, -0.2) is 37.1 Å². The molecule has 0 aromatic carbocycles. The van der Waals surface area contributed by atoms with Gasteiger partial charge in [-0.05, 0) is 13.8 Å². The van der Waals surface area contributed by atoms with E-state index in [2.05, 4.69) is 37.9 Å². The molecule has 0 aliphatic carbocycles. The van der Waals surface area contributed by atoms with Crippen LogP contribution in [0.3, 0.4) is 0 Å².